The number of ether oxygens (including phenoxy) is 1. The molecule has 1 fully saturated rings. The lowest BCUT2D eigenvalue weighted by Crippen LogP contribution is -2.43. The normalized spacial score (nSPS) is 16.8. The molecule has 0 saturated carbocycles. The highest BCUT2D eigenvalue weighted by molar-refractivity contribution is 5.91. The zero-order chi connectivity index (χ0) is 23.4. The molecule has 174 valence electrons. The predicted octanol–water partition coefficient (Wildman–Crippen LogP) is 4.68. The summed E-state index contributed by atoms with van der Waals surface area (Å²) in [5, 5.41) is 3.03. The van der Waals surface area contributed by atoms with Crippen LogP contribution in [0.1, 0.15) is 66.4 Å². The predicted molar refractivity (Wildman–Crippen MR) is 127 cm³/mol. The Labute approximate surface area is 188 Å². The topological polar surface area (TPSA) is 61.9 Å². The summed E-state index contributed by atoms with van der Waals surface area (Å²) in [5.74, 6) is 0.105. The number of nitrogens with one attached hydrogen (secondary N) is 1. The van der Waals surface area contributed by atoms with Crippen molar-refractivity contribution in [2.75, 3.05) is 37.5 Å². The van der Waals surface area contributed by atoms with E-state index in [1.807, 2.05) is 83.6 Å². The molecule has 0 spiro atoms. The van der Waals surface area contributed by atoms with Gasteiger partial charge in [0.15, 0.2) is 0 Å². The number of carbonyl (C=O) groups is 2. The molecule has 2 rings (SSSR count). The van der Waals surface area contributed by atoms with Crippen molar-refractivity contribution in [2.24, 2.45) is 10.8 Å². The maximum absolute atomic E-state index is 13.2. The minimum atomic E-state index is -0.477. The molecule has 1 aromatic rings. The molecule has 1 atom stereocenters. The molecule has 0 radical (unpaired) electrons. The largest absolute Gasteiger partial charge is 0.377 e. The van der Waals surface area contributed by atoms with Gasteiger partial charge in [0, 0.05) is 57.0 Å². The van der Waals surface area contributed by atoms with Crippen LogP contribution in [0.3, 0.4) is 0 Å². The first-order valence-electron chi connectivity index (χ1n) is 11.3. The van der Waals surface area contributed by atoms with E-state index in [4.69, 9.17) is 4.74 Å². The van der Waals surface area contributed by atoms with Crippen molar-refractivity contribution in [1.82, 2.24) is 4.90 Å². The summed E-state index contributed by atoms with van der Waals surface area (Å²) < 4.78 is 5.82. The lowest BCUT2D eigenvalue weighted by Gasteiger charge is -2.32. The van der Waals surface area contributed by atoms with Crippen LogP contribution in [0.25, 0.3) is 0 Å². The first-order valence-corrected chi connectivity index (χ1v) is 11.3. The molecule has 0 bridgehead atoms. The second-order valence-corrected chi connectivity index (χ2v) is 11.1. The van der Waals surface area contributed by atoms with Gasteiger partial charge in [-0.2, -0.15) is 0 Å². The molecule has 1 heterocycles. The van der Waals surface area contributed by atoms with Crippen LogP contribution in [-0.2, 0) is 20.9 Å². The van der Waals surface area contributed by atoms with Gasteiger partial charge in [-0.15, -0.1) is 0 Å². The van der Waals surface area contributed by atoms with Crippen LogP contribution in [0.4, 0.5) is 11.4 Å². The van der Waals surface area contributed by atoms with Crippen LogP contribution in [0, 0.1) is 10.8 Å². The van der Waals surface area contributed by atoms with E-state index in [9.17, 15) is 9.59 Å². The first kappa shape index (κ1) is 25.2. The maximum atomic E-state index is 13.2. The second kappa shape index (κ2) is 10.0. The van der Waals surface area contributed by atoms with E-state index >= 15 is 0 Å². The zero-order valence-electron chi connectivity index (χ0n) is 20.7. The van der Waals surface area contributed by atoms with Gasteiger partial charge in [0.1, 0.15) is 0 Å². The van der Waals surface area contributed by atoms with E-state index in [0.717, 1.165) is 36.4 Å². The van der Waals surface area contributed by atoms with Gasteiger partial charge < -0.3 is 19.9 Å². The summed E-state index contributed by atoms with van der Waals surface area (Å²) >= 11 is 0. The summed E-state index contributed by atoms with van der Waals surface area (Å²) in [5.41, 5.74) is 2.25. The van der Waals surface area contributed by atoms with Crippen molar-refractivity contribution in [3.8, 4) is 0 Å². The van der Waals surface area contributed by atoms with E-state index < -0.39 is 5.41 Å². The molecule has 1 saturated heterocycles. The molecule has 6 nitrogen and oxygen atoms in total. The Morgan fingerprint density at radius 3 is 2.32 bits per heavy atom. The van der Waals surface area contributed by atoms with Crippen molar-refractivity contribution >= 4 is 23.2 Å². The van der Waals surface area contributed by atoms with E-state index in [2.05, 4.69) is 5.32 Å². The first-order chi connectivity index (χ1) is 14.3. The molecule has 0 unspecified atom stereocenters. The number of rotatable bonds is 7. The molecule has 31 heavy (non-hydrogen) atoms. The van der Waals surface area contributed by atoms with Crippen LogP contribution >= 0.6 is 0 Å². The Kier molecular flexibility index (Phi) is 8.15. The standard InChI is InChI=1S/C25H41N3O3/c1-24(2,3)15-22(29)26-19-11-12-21(27(7)8)18(14-19)16-28(23(30)25(4,5)6)17-20-10-9-13-31-20/h11-12,14,20H,9-10,13,15-17H2,1-8H3,(H,26,29)/t20-/m0/s1. The third-order valence-electron chi connectivity index (χ3n) is 5.27. The number of hydrogen-bond donors (Lipinski definition) is 1. The zero-order valence-corrected chi connectivity index (χ0v) is 20.7. The van der Waals surface area contributed by atoms with Gasteiger partial charge in [0.2, 0.25) is 11.8 Å². The average molecular weight is 432 g/mol. The number of carbonyl (C=O) groups excluding carboxylic acids is 2. The van der Waals surface area contributed by atoms with Crippen LogP contribution in [0.15, 0.2) is 18.2 Å². The summed E-state index contributed by atoms with van der Waals surface area (Å²) in [6.07, 6.45) is 2.56. The Morgan fingerprint density at radius 1 is 1.13 bits per heavy atom. The van der Waals surface area contributed by atoms with Crippen LogP contribution in [-0.4, -0.2) is 50.1 Å². The quantitative estimate of drug-likeness (QED) is 0.681. The molecule has 1 aromatic carbocycles. The number of nitrogens with zero attached hydrogens (tertiary/aromatic N) is 2. The molecule has 1 N–H and O–H groups in total. The van der Waals surface area contributed by atoms with Crippen molar-refractivity contribution < 1.29 is 14.3 Å². The molecule has 0 aliphatic carbocycles. The summed E-state index contributed by atoms with van der Waals surface area (Å²) in [6.45, 7) is 13.8. The minimum absolute atomic E-state index is 0.00182. The number of anilines is 2. The van der Waals surface area contributed by atoms with Crippen molar-refractivity contribution in [1.29, 1.82) is 0 Å². The fraction of sp³-hybridized carbons (Fsp3) is 0.680. The van der Waals surface area contributed by atoms with Gasteiger partial charge in [-0.1, -0.05) is 41.5 Å². The van der Waals surface area contributed by atoms with E-state index in [0.29, 0.717) is 19.5 Å². The van der Waals surface area contributed by atoms with Gasteiger partial charge in [0.05, 0.1) is 6.10 Å². The third kappa shape index (κ3) is 7.84. The van der Waals surface area contributed by atoms with Gasteiger partial charge in [-0.05, 0) is 42.0 Å². The highest BCUT2D eigenvalue weighted by Crippen LogP contribution is 2.28. The molecular formula is C25H41N3O3. The Balaban J connectivity index is 2.30. The van der Waals surface area contributed by atoms with E-state index in [-0.39, 0.29) is 23.3 Å². The van der Waals surface area contributed by atoms with Gasteiger partial charge in [-0.3, -0.25) is 9.59 Å². The summed E-state index contributed by atoms with van der Waals surface area (Å²) in [6, 6.07) is 5.93. The van der Waals surface area contributed by atoms with Gasteiger partial charge >= 0.3 is 0 Å². The molecule has 2 amide bonds. The van der Waals surface area contributed by atoms with Gasteiger partial charge in [0.25, 0.3) is 0 Å². The maximum Gasteiger partial charge on any atom is 0.228 e. The fourth-order valence-electron chi connectivity index (χ4n) is 3.85. The van der Waals surface area contributed by atoms with Crippen molar-refractivity contribution in [3.05, 3.63) is 23.8 Å². The minimum Gasteiger partial charge on any atom is -0.377 e. The lowest BCUT2D eigenvalue weighted by molar-refractivity contribution is -0.141. The number of amides is 2. The lowest BCUT2D eigenvalue weighted by atomic mass is 9.92. The molecule has 6 heteroatoms. The van der Waals surface area contributed by atoms with Crippen molar-refractivity contribution in [3.63, 3.8) is 0 Å². The SMILES string of the molecule is CN(C)c1ccc(NC(=O)CC(C)(C)C)cc1CN(C[C@@H]1CCCO1)C(=O)C(C)(C)C. The fourth-order valence-corrected chi connectivity index (χ4v) is 3.85. The summed E-state index contributed by atoms with van der Waals surface area (Å²) in [4.78, 5) is 29.7. The number of hydrogen-bond acceptors (Lipinski definition) is 4. The Morgan fingerprint density at radius 2 is 1.81 bits per heavy atom. The second-order valence-electron chi connectivity index (χ2n) is 11.1. The number of benzene rings is 1. The molecule has 1 aliphatic heterocycles. The molecular weight excluding hydrogens is 390 g/mol. The molecule has 0 aromatic heterocycles. The van der Waals surface area contributed by atoms with E-state index in [1.165, 1.54) is 0 Å². The highest BCUT2D eigenvalue weighted by Gasteiger charge is 2.31. The molecule has 1 aliphatic rings. The van der Waals surface area contributed by atoms with Crippen LogP contribution in [0.2, 0.25) is 0 Å². The van der Waals surface area contributed by atoms with Crippen LogP contribution < -0.4 is 10.2 Å². The highest BCUT2D eigenvalue weighted by atomic mass is 16.5. The van der Waals surface area contributed by atoms with Crippen molar-refractivity contribution in [2.45, 2.75) is 73.5 Å². The van der Waals surface area contributed by atoms with E-state index in [1.54, 1.807) is 0 Å². The third-order valence-corrected chi connectivity index (χ3v) is 5.27. The Hall–Kier alpha value is -2.08. The summed E-state index contributed by atoms with van der Waals surface area (Å²) in [7, 11) is 3.99. The monoisotopic (exact) mass is 431 g/mol. The van der Waals surface area contributed by atoms with Crippen LogP contribution in [0.5, 0.6) is 0 Å². The van der Waals surface area contributed by atoms with Gasteiger partial charge in [-0.25, -0.2) is 0 Å². The average Bonchev–Trinajstić information content (AvgIpc) is 3.11. The Bertz CT molecular complexity index is 769. The smallest absolute Gasteiger partial charge is 0.228 e.